The van der Waals surface area contributed by atoms with Crippen molar-refractivity contribution < 1.29 is 9.53 Å². The fourth-order valence-electron chi connectivity index (χ4n) is 2.28. The molecule has 2 N–H and O–H groups in total. The zero-order valence-electron chi connectivity index (χ0n) is 13.1. The van der Waals surface area contributed by atoms with Gasteiger partial charge in [-0.3, -0.25) is 0 Å². The van der Waals surface area contributed by atoms with Crippen molar-refractivity contribution in [2.75, 3.05) is 13.7 Å². The summed E-state index contributed by atoms with van der Waals surface area (Å²) in [5.74, 6) is 0. The van der Waals surface area contributed by atoms with Gasteiger partial charge in [0, 0.05) is 25.2 Å². The minimum Gasteiger partial charge on any atom is -0.380 e. The predicted molar refractivity (Wildman–Crippen MR) is 92.5 cm³/mol. The molecule has 2 rings (SSSR count). The van der Waals surface area contributed by atoms with Crippen molar-refractivity contribution in [1.29, 1.82) is 0 Å². The Morgan fingerprint density at radius 1 is 1.09 bits per heavy atom. The second-order valence-electron chi connectivity index (χ2n) is 5.19. The molecular weight excluding hydrogens is 312 g/mol. The van der Waals surface area contributed by atoms with E-state index in [0.29, 0.717) is 24.7 Å². The summed E-state index contributed by atoms with van der Waals surface area (Å²) in [5, 5.41) is 6.42. The highest BCUT2D eigenvalue weighted by Gasteiger charge is 2.04. The number of urea groups is 1. The van der Waals surface area contributed by atoms with Crippen molar-refractivity contribution >= 4 is 17.6 Å². The largest absolute Gasteiger partial charge is 0.380 e. The molecule has 0 aliphatic carbocycles. The molecule has 2 aromatic carbocycles. The van der Waals surface area contributed by atoms with Gasteiger partial charge < -0.3 is 15.4 Å². The Balaban J connectivity index is 1.75. The third-order valence-electron chi connectivity index (χ3n) is 3.45. The van der Waals surface area contributed by atoms with Crippen molar-refractivity contribution in [3.8, 4) is 0 Å². The highest BCUT2D eigenvalue weighted by molar-refractivity contribution is 6.30. The van der Waals surface area contributed by atoms with Crippen LogP contribution < -0.4 is 10.6 Å². The predicted octanol–water partition coefficient (Wildman–Crippen LogP) is 3.53. The average Bonchev–Trinajstić information content (AvgIpc) is 2.54. The molecule has 0 heterocycles. The SMILES string of the molecule is COCc1ccccc1CNC(=O)NCCc1cccc(Cl)c1. The monoisotopic (exact) mass is 332 g/mol. The number of hydrogen-bond acceptors (Lipinski definition) is 2. The molecule has 122 valence electrons. The number of hydrogen-bond donors (Lipinski definition) is 2. The summed E-state index contributed by atoms with van der Waals surface area (Å²) in [6, 6.07) is 15.4. The Labute approximate surface area is 141 Å². The molecule has 0 aliphatic heterocycles. The van der Waals surface area contributed by atoms with Crippen LogP contribution in [0.4, 0.5) is 4.79 Å². The third kappa shape index (κ3) is 5.93. The van der Waals surface area contributed by atoms with Crippen LogP contribution in [0.15, 0.2) is 48.5 Å². The Kier molecular flexibility index (Phi) is 6.91. The Bertz CT molecular complexity index is 646. The number of methoxy groups -OCH3 is 1. The van der Waals surface area contributed by atoms with Crippen LogP contribution in [0.3, 0.4) is 0 Å². The van der Waals surface area contributed by atoms with Crippen LogP contribution in [0, 0.1) is 0 Å². The quantitative estimate of drug-likeness (QED) is 0.815. The van der Waals surface area contributed by atoms with Crippen LogP contribution in [-0.2, 0) is 24.3 Å². The van der Waals surface area contributed by atoms with Gasteiger partial charge in [-0.25, -0.2) is 4.79 Å². The van der Waals surface area contributed by atoms with Gasteiger partial charge in [0.25, 0.3) is 0 Å². The summed E-state index contributed by atoms with van der Waals surface area (Å²) >= 11 is 5.93. The van der Waals surface area contributed by atoms with Gasteiger partial charge in [-0.05, 0) is 35.2 Å². The van der Waals surface area contributed by atoms with E-state index in [1.54, 1.807) is 7.11 Å². The molecule has 0 saturated carbocycles. The third-order valence-corrected chi connectivity index (χ3v) is 3.68. The van der Waals surface area contributed by atoms with E-state index in [0.717, 1.165) is 23.1 Å². The van der Waals surface area contributed by atoms with Crippen LogP contribution in [0.25, 0.3) is 0 Å². The molecule has 0 bridgehead atoms. The zero-order valence-corrected chi connectivity index (χ0v) is 13.9. The number of ether oxygens (including phenoxy) is 1. The van der Waals surface area contributed by atoms with Crippen molar-refractivity contribution in [3.63, 3.8) is 0 Å². The van der Waals surface area contributed by atoms with Gasteiger partial charge in [-0.2, -0.15) is 0 Å². The summed E-state index contributed by atoms with van der Waals surface area (Å²) in [4.78, 5) is 11.9. The van der Waals surface area contributed by atoms with Gasteiger partial charge in [0.15, 0.2) is 0 Å². The van der Waals surface area contributed by atoms with Crippen molar-refractivity contribution in [1.82, 2.24) is 10.6 Å². The first kappa shape index (κ1) is 17.3. The number of benzene rings is 2. The first-order chi connectivity index (χ1) is 11.2. The smallest absolute Gasteiger partial charge is 0.315 e. The summed E-state index contributed by atoms with van der Waals surface area (Å²) in [6.07, 6.45) is 0.744. The number of halogens is 1. The fraction of sp³-hybridized carbons (Fsp3) is 0.278. The number of carbonyl (C=O) groups is 1. The van der Waals surface area contributed by atoms with Crippen LogP contribution in [0.2, 0.25) is 5.02 Å². The summed E-state index contributed by atoms with van der Waals surface area (Å²) < 4.78 is 5.16. The maximum absolute atomic E-state index is 11.9. The van der Waals surface area contributed by atoms with Gasteiger partial charge in [0.05, 0.1) is 6.61 Å². The van der Waals surface area contributed by atoms with Gasteiger partial charge >= 0.3 is 6.03 Å². The molecule has 0 fully saturated rings. The molecule has 2 amide bonds. The van der Waals surface area contributed by atoms with E-state index < -0.39 is 0 Å². The highest BCUT2D eigenvalue weighted by atomic mass is 35.5. The molecule has 0 aliphatic rings. The molecule has 5 heteroatoms. The Morgan fingerprint density at radius 3 is 2.61 bits per heavy atom. The molecule has 0 aromatic heterocycles. The van der Waals surface area contributed by atoms with E-state index >= 15 is 0 Å². The van der Waals surface area contributed by atoms with Gasteiger partial charge in [0.1, 0.15) is 0 Å². The summed E-state index contributed by atoms with van der Waals surface area (Å²) in [7, 11) is 1.66. The van der Waals surface area contributed by atoms with E-state index in [4.69, 9.17) is 16.3 Å². The van der Waals surface area contributed by atoms with Crippen molar-refractivity contribution in [2.24, 2.45) is 0 Å². The van der Waals surface area contributed by atoms with Gasteiger partial charge in [-0.15, -0.1) is 0 Å². The molecule has 0 spiro atoms. The number of amides is 2. The van der Waals surface area contributed by atoms with Crippen LogP contribution in [0.5, 0.6) is 0 Å². The van der Waals surface area contributed by atoms with Crippen LogP contribution in [-0.4, -0.2) is 19.7 Å². The fourth-order valence-corrected chi connectivity index (χ4v) is 2.49. The molecule has 2 aromatic rings. The van der Waals surface area contributed by atoms with E-state index in [1.807, 2.05) is 48.5 Å². The van der Waals surface area contributed by atoms with Gasteiger partial charge in [-0.1, -0.05) is 48.0 Å². The molecule has 0 radical (unpaired) electrons. The normalized spacial score (nSPS) is 10.3. The first-order valence-electron chi connectivity index (χ1n) is 7.51. The standard InChI is InChI=1S/C18H21ClN2O2/c1-23-13-16-7-3-2-6-15(16)12-21-18(22)20-10-9-14-5-4-8-17(19)11-14/h2-8,11H,9-10,12-13H2,1H3,(H2,20,21,22). The Morgan fingerprint density at radius 2 is 1.87 bits per heavy atom. The maximum Gasteiger partial charge on any atom is 0.315 e. The minimum absolute atomic E-state index is 0.181. The highest BCUT2D eigenvalue weighted by Crippen LogP contribution is 2.11. The topological polar surface area (TPSA) is 50.4 Å². The summed E-state index contributed by atoms with van der Waals surface area (Å²) in [6.45, 7) is 1.57. The number of carbonyl (C=O) groups excluding carboxylic acids is 1. The molecule has 23 heavy (non-hydrogen) atoms. The second-order valence-corrected chi connectivity index (χ2v) is 5.63. The lowest BCUT2D eigenvalue weighted by Crippen LogP contribution is -2.36. The lowest BCUT2D eigenvalue weighted by atomic mass is 10.1. The van der Waals surface area contributed by atoms with Crippen LogP contribution in [0.1, 0.15) is 16.7 Å². The van der Waals surface area contributed by atoms with E-state index in [-0.39, 0.29) is 6.03 Å². The first-order valence-corrected chi connectivity index (χ1v) is 7.88. The van der Waals surface area contributed by atoms with E-state index in [1.165, 1.54) is 0 Å². The van der Waals surface area contributed by atoms with Crippen molar-refractivity contribution in [2.45, 2.75) is 19.6 Å². The number of nitrogens with one attached hydrogen (secondary N) is 2. The molecular formula is C18H21ClN2O2. The lowest BCUT2D eigenvalue weighted by Gasteiger charge is -2.11. The maximum atomic E-state index is 11.9. The summed E-state index contributed by atoms with van der Waals surface area (Å²) in [5.41, 5.74) is 3.23. The second kappa shape index (κ2) is 9.18. The Hall–Kier alpha value is -2.04. The van der Waals surface area contributed by atoms with E-state index in [9.17, 15) is 4.79 Å². The zero-order chi connectivity index (χ0) is 16.5. The molecule has 4 nitrogen and oxygen atoms in total. The minimum atomic E-state index is -0.181. The lowest BCUT2D eigenvalue weighted by molar-refractivity contribution is 0.184. The van der Waals surface area contributed by atoms with E-state index in [2.05, 4.69) is 10.6 Å². The molecule has 0 unspecified atom stereocenters. The van der Waals surface area contributed by atoms with Crippen LogP contribution >= 0.6 is 11.6 Å². The van der Waals surface area contributed by atoms with Crippen molar-refractivity contribution in [3.05, 3.63) is 70.2 Å². The average molecular weight is 333 g/mol. The number of rotatable bonds is 7. The van der Waals surface area contributed by atoms with Gasteiger partial charge in [0.2, 0.25) is 0 Å². The molecule has 0 atom stereocenters. The molecule has 0 saturated heterocycles.